The Kier molecular flexibility index (Phi) is 3.94. The van der Waals surface area contributed by atoms with Crippen LogP contribution in [0.2, 0.25) is 0 Å². The highest BCUT2D eigenvalue weighted by Gasteiger charge is 2.22. The topological polar surface area (TPSA) is 49.2 Å². The molecule has 1 aliphatic rings. The fourth-order valence-corrected chi connectivity index (χ4v) is 2.24. The molecule has 0 saturated carbocycles. The molecule has 1 atom stereocenters. The van der Waals surface area contributed by atoms with Gasteiger partial charge in [0.1, 0.15) is 0 Å². The van der Waals surface area contributed by atoms with Crippen molar-refractivity contribution >= 4 is 5.82 Å². The van der Waals surface area contributed by atoms with Gasteiger partial charge in [0.25, 0.3) is 0 Å². The van der Waals surface area contributed by atoms with Gasteiger partial charge in [0.2, 0.25) is 0 Å². The summed E-state index contributed by atoms with van der Waals surface area (Å²) in [6.07, 6.45) is 2.03. The summed E-state index contributed by atoms with van der Waals surface area (Å²) >= 11 is 0. The number of aromatic nitrogens is 2. The van der Waals surface area contributed by atoms with Crippen molar-refractivity contribution in [1.29, 1.82) is 0 Å². The summed E-state index contributed by atoms with van der Waals surface area (Å²) in [7, 11) is 0. The fraction of sp³-hybridized carbons (Fsp3) is 0.692. The first kappa shape index (κ1) is 12.3. The summed E-state index contributed by atoms with van der Waals surface area (Å²) in [4.78, 5) is 2.20. The van der Waals surface area contributed by atoms with Crippen LogP contribution < -0.4 is 4.90 Å². The Labute approximate surface area is 103 Å². The molecule has 0 aliphatic carbocycles. The highest BCUT2D eigenvalue weighted by atomic mass is 16.3. The van der Waals surface area contributed by atoms with E-state index >= 15 is 0 Å². The average Bonchev–Trinajstić information content (AvgIpc) is 2.78. The molecule has 2 heterocycles. The normalized spacial score (nSPS) is 20.2. The van der Waals surface area contributed by atoms with Crippen molar-refractivity contribution in [2.75, 3.05) is 24.6 Å². The van der Waals surface area contributed by atoms with E-state index in [0.29, 0.717) is 11.8 Å². The van der Waals surface area contributed by atoms with E-state index < -0.39 is 0 Å². The number of nitrogens with zero attached hydrogens (tertiary/aromatic N) is 3. The van der Waals surface area contributed by atoms with Crippen LogP contribution >= 0.6 is 0 Å². The average molecular weight is 235 g/mol. The standard InChI is InChI=1S/C13H21N3O/c1-10(2)7-12-3-4-13(15-14-12)16-6-5-11(8-16)9-17/h3-4,10-11,17H,5-9H2,1-2H3. The van der Waals surface area contributed by atoms with Crippen molar-refractivity contribution in [2.24, 2.45) is 11.8 Å². The van der Waals surface area contributed by atoms with Crippen molar-refractivity contribution in [1.82, 2.24) is 10.2 Å². The fourth-order valence-electron chi connectivity index (χ4n) is 2.24. The molecule has 0 bridgehead atoms. The second-order valence-corrected chi connectivity index (χ2v) is 5.26. The van der Waals surface area contributed by atoms with Gasteiger partial charge in [-0.15, -0.1) is 5.10 Å². The van der Waals surface area contributed by atoms with Crippen molar-refractivity contribution in [3.05, 3.63) is 17.8 Å². The molecule has 2 rings (SSSR count). The van der Waals surface area contributed by atoms with Crippen molar-refractivity contribution in [3.8, 4) is 0 Å². The zero-order valence-electron chi connectivity index (χ0n) is 10.6. The molecule has 0 aromatic carbocycles. The molecular formula is C13H21N3O. The molecule has 0 radical (unpaired) electrons. The van der Waals surface area contributed by atoms with Crippen molar-refractivity contribution in [3.63, 3.8) is 0 Å². The van der Waals surface area contributed by atoms with Crippen LogP contribution in [-0.4, -0.2) is 35.0 Å². The van der Waals surface area contributed by atoms with Gasteiger partial charge in [-0.1, -0.05) is 13.8 Å². The van der Waals surface area contributed by atoms with Crippen LogP contribution in [0.1, 0.15) is 26.0 Å². The molecule has 1 aromatic rings. The maximum atomic E-state index is 9.11. The lowest BCUT2D eigenvalue weighted by Crippen LogP contribution is -2.22. The van der Waals surface area contributed by atoms with Gasteiger partial charge in [0, 0.05) is 25.6 Å². The minimum atomic E-state index is 0.273. The first-order chi connectivity index (χ1) is 8.19. The SMILES string of the molecule is CC(C)Cc1ccc(N2CCC(CO)C2)nn1. The van der Waals surface area contributed by atoms with Crippen molar-refractivity contribution in [2.45, 2.75) is 26.7 Å². The smallest absolute Gasteiger partial charge is 0.151 e. The molecule has 17 heavy (non-hydrogen) atoms. The van der Waals surface area contributed by atoms with Gasteiger partial charge in [-0.05, 0) is 30.9 Å². The number of hydrogen-bond acceptors (Lipinski definition) is 4. The van der Waals surface area contributed by atoms with Crippen LogP contribution in [0.4, 0.5) is 5.82 Å². The van der Waals surface area contributed by atoms with Crippen LogP contribution in [0.15, 0.2) is 12.1 Å². The van der Waals surface area contributed by atoms with E-state index in [-0.39, 0.29) is 6.61 Å². The lowest BCUT2D eigenvalue weighted by molar-refractivity contribution is 0.238. The van der Waals surface area contributed by atoms with E-state index in [1.165, 1.54) is 0 Å². The van der Waals surface area contributed by atoms with Crippen LogP contribution in [0.3, 0.4) is 0 Å². The minimum absolute atomic E-state index is 0.273. The zero-order valence-corrected chi connectivity index (χ0v) is 10.6. The van der Waals surface area contributed by atoms with Crippen LogP contribution in [0, 0.1) is 11.8 Å². The molecule has 0 spiro atoms. The molecule has 1 saturated heterocycles. The maximum absolute atomic E-state index is 9.11. The van der Waals surface area contributed by atoms with Crippen LogP contribution in [0.25, 0.3) is 0 Å². The van der Waals surface area contributed by atoms with E-state index in [2.05, 4.69) is 35.0 Å². The largest absolute Gasteiger partial charge is 0.396 e. The van der Waals surface area contributed by atoms with Gasteiger partial charge in [-0.3, -0.25) is 0 Å². The highest BCUT2D eigenvalue weighted by molar-refractivity contribution is 5.38. The Bertz CT molecular complexity index is 350. The number of rotatable bonds is 4. The molecule has 1 N–H and O–H groups in total. The first-order valence-electron chi connectivity index (χ1n) is 6.37. The van der Waals surface area contributed by atoms with Crippen molar-refractivity contribution < 1.29 is 5.11 Å². The Hall–Kier alpha value is -1.16. The number of hydrogen-bond donors (Lipinski definition) is 1. The Morgan fingerprint density at radius 3 is 2.76 bits per heavy atom. The van der Waals surface area contributed by atoms with E-state index in [1.807, 2.05) is 6.07 Å². The van der Waals surface area contributed by atoms with E-state index in [1.54, 1.807) is 0 Å². The van der Waals surface area contributed by atoms with Crippen LogP contribution in [-0.2, 0) is 6.42 Å². The third kappa shape index (κ3) is 3.16. The Balaban J connectivity index is 1.98. The summed E-state index contributed by atoms with van der Waals surface area (Å²) in [6.45, 7) is 6.51. The summed E-state index contributed by atoms with van der Waals surface area (Å²) in [5.41, 5.74) is 1.06. The summed E-state index contributed by atoms with van der Waals surface area (Å²) in [5.74, 6) is 1.95. The molecule has 0 amide bonds. The predicted molar refractivity (Wildman–Crippen MR) is 68.0 cm³/mol. The Morgan fingerprint density at radius 1 is 1.41 bits per heavy atom. The van der Waals surface area contributed by atoms with Gasteiger partial charge < -0.3 is 10.0 Å². The summed E-state index contributed by atoms with van der Waals surface area (Å²) < 4.78 is 0. The lowest BCUT2D eigenvalue weighted by Gasteiger charge is -2.16. The maximum Gasteiger partial charge on any atom is 0.151 e. The predicted octanol–water partition coefficient (Wildman–Crippen LogP) is 1.49. The highest BCUT2D eigenvalue weighted by Crippen LogP contribution is 2.21. The molecule has 4 nitrogen and oxygen atoms in total. The lowest BCUT2D eigenvalue weighted by atomic mass is 10.1. The van der Waals surface area contributed by atoms with E-state index in [9.17, 15) is 0 Å². The molecule has 1 aromatic heterocycles. The molecule has 94 valence electrons. The second kappa shape index (κ2) is 5.45. The van der Waals surface area contributed by atoms with Gasteiger partial charge in [0.05, 0.1) is 5.69 Å². The third-order valence-corrected chi connectivity index (χ3v) is 3.19. The van der Waals surface area contributed by atoms with Gasteiger partial charge >= 0.3 is 0 Å². The minimum Gasteiger partial charge on any atom is -0.396 e. The summed E-state index contributed by atoms with van der Waals surface area (Å²) in [6, 6.07) is 4.11. The summed E-state index contributed by atoms with van der Waals surface area (Å²) in [5, 5.41) is 17.6. The molecule has 4 heteroatoms. The third-order valence-electron chi connectivity index (χ3n) is 3.19. The molecule has 1 unspecified atom stereocenters. The zero-order chi connectivity index (χ0) is 12.3. The molecular weight excluding hydrogens is 214 g/mol. The molecule has 1 fully saturated rings. The molecule has 1 aliphatic heterocycles. The van der Waals surface area contributed by atoms with E-state index in [4.69, 9.17) is 5.11 Å². The number of anilines is 1. The number of aliphatic hydroxyl groups excluding tert-OH is 1. The van der Waals surface area contributed by atoms with Gasteiger partial charge in [0.15, 0.2) is 5.82 Å². The quantitative estimate of drug-likeness (QED) is 0.859. The number of aliphatic hydroxyl groups is 1. The first-order valence-corrected chi connectivity index (χ1v) is 6.37. The van der Waals surface area contributed by atoms with E-state index in [0.717, 1.165) is 37.4 Å². The van der Waals surface area contributed by atoms with Gasteiger partial charge in [-0.25, -0.2) is 0 Å². The van der Waals surface area contributed by atoms with Crippen LogP contribution in [0.5, 0.6) is 0 Å². The second-order valence-electron chi connectivity index (χ2n) is 5.26. The monoisotopic (exact) mass is 235 g/mol. The Morgan fingerprint density at radius 2 is 2.24 bits per heavy atom. The van der Waals surface area contributed by atoms with Gasteiger partial charge in [-0.2, -0.15) is 5.10 Å².